The zero-order valence-electron chi connectivity index (χ0n) is 16.0. The number of ether oxygens (including phenoxy) is 1. The minimum Gasteiger partial charge on any atom is -0.459 e. The van der Waals surface area contributed by atoms with Crippen LogP contribution in [-0.2, 0) is 24.3 Å². The number of nitrogens with one attached hydrogen (secondary N) is 1. The van der Waals surface area contributed by atoms with Gasteiger partial charge in [0.05, 0.1) is 22.2 Å². The van der Waals surface area contributed by atoms with Gasteiger partial charge in [0, 0.05) is 13.1 Å². The summed E-state index contributed by atoms with van der Waals surface area (Å²) in [5.41, 5.74) is 0. The molecule has 166 valence electrons. The van der Waals surface area contributed by atoms with Gasteiger partial charge in [0.2, 0.25) is 10.0 Å². The minimum absolute atomic E-state index is 0.0177. The minimum atomic E-state index is -3.93. The van der Waals surface area contributed by atoms with Crippen LogP contribution in [0.5, 0.6) is 0 Å². The number of imide groups is 1. The average Bonchev–Trinajstić information content (AvgIpc) is 3.27. The number of nitrogens with zero attached hydrogens (tertiary/aromatic N) is 1. The lowest BCUT2D eigenvalue weighted by Crippen LogP contribution is -2.41. The molecule has 1 fully saturated rings. The third-order valence-corrected chi connectivity index (χ3v) is 7.50. The van der Waals surface area contributed by atoms with E-state index in [4.69, 9.17) is 32.4 Å². The second-order valence-electron chi connectivity index (χ2n) is 6.69. The van der Waals surface area contributed by atoms with E-state index in [9.17, 15) is 22.8 Å². The van der Waals surface area contributed by atoms with Crippen molar-refractivity contribution in [3.63, 3.8) is 0 Å². The van der Waals surface area contributed by atoms with Crippen LogP contribution in [0.3, 0.4) is 0 Å². The summed E-state index contributed by atoms with van der Waals surface area (Å²) >= 11 is 12.0. The van der Waals surface area contributed by atoms with Crippen molar-refractivity contribution < 1.29 is 32.0 Å². The van der Waals surface area contributed by atoms with Crippen LogP contribution >= 0.6 is 23.2 Å². The highest BCUT2D eigenvalue weighted by Crippen LogP contribution is 2.33. The zero-order chi connectivity index (χ0) is 22.6. The van der Waals surface area contributed by atoms with E-state index in [0.717, 1.165) is 0 Å². The van der Waals surface area contributed by atoms with Crippen molar-refractivity contribution in [3.05, 3.63) is 52.4 Å². The van der Waals surface area contributed by atoms with E-state index < -0.39 is 40.3 Å². The summed E-state index contributed by atoms with van der Waals surface area (Å²) in [6.45, 7) is -0.515. The molecular weight excluding hydrogens is 471 g/mol. The molecule has 1 N–H and O–H groups in total. The van der Waals surface area contributed by atoms with E-state index in [2.05, 4.69) is 0 Å². The number of rotatable bonds is 6. The molecule has 31 heavy (non-hydrogen) atoms. The number of esters is 1. The Labute approximate surface area is 188 Å². The second-order valence-corrected chi connectivity index (χ2v) is 9.38. The Morgan fingerprint density at radius 3 is 2.32 bits per heavy atom. The third-order valence-electron chi connectivity index (χ3n) is 4.65. The van der Waals surface area contributed by atoms with Crippen LogP contribution in [0.2, 0.25) is 10.0 Å². The van der Waals surface area contributed by atoms with Gasteiger partial charge in [-0.1, -0.05) is 29.3 Å². The van der Waals surface area contributed by atoms with Crippen molar-refractivity contribution >= 4 is 51.0 Å². The van der Waals surface area contributed by atoms with Crippen LogP contribution in [0.1, 0.15) is 23.4 Å². The summed E-state index contributed by atoms with van der Waals surface area (Å²) in [5.74, 6) is -2.83. The maximum absolute atomic E-state index is 12.9. The Kier molecular flexibility index (Phi) is 7.37. The summed E-state index contributed by atoms with van der Waals surface area (Å²) in [7, 11) is -3.93. The highest BCUT2D eigenvalue weighted by molar-refractivity contribution is 7.89. The van der Waals surface area contributed by atoms with Crippen LogP contribution in [0.25, 0.3) is 0 Å². The number of benzene rings is 1. The van der Waals surface area contributed by atoms with E-state index in [1.807, 2.05) is 5.32 Å². The maximum atomic E-state index is 12.9. The number of carbonyl (C=O) groups is 3. The normalized spacial score (nSPS) is 15.4. The first kappa shape index (κ1) is 23.3. The van der Waals surface area contributed by atoms with Gasteiger partial charge in [-0.05, 0) is 37.1 Å². The predicted molar refractivity (Wildman–Crippen MR) is 110 cm³/mol. The van der Waals surface area contributed by atoms with Crippen molar-refractivity contribution in [2.24, 2.45) is 5.92 Å². The van der Waals surface area contributed by atoms with Gasteiger partial charge in [-0.2, -0.15) is 4.31 Å². The van der Waals surface area contributed by atoms with Gasteiger partial charge in [-0.3, -0.25) is 19.7 Å². The van der Waals surface area contributed by atoms with Crippen molar-refractivity contribution in [1.82, 2.24) is 9.62 Å². The Hall–Kier alpha value is -2.40. The Bertz CT molecular complexity index is 1060. The molecule has 1 aliphatic heterocycles. The molecule has 0 bridgehead atoms. The molecule has 9 nitrogen and oxygen atoms in total. The van der Waals surface area contributed by atoms with E-state index in [-0.39, 0.29) is 46.6 Å². The molecule has 2 aromatic rings. The lowest BCUT2D eigenvalue weighted by Gasteiger charge is -2.30. The highest BCUT2D eigenvalue weighted by atomic mass is 35.5. The summed E-state index contributed by atoms with van der Waals surface area (Å²) < 4.78 is 36.8. The molecule has 12 heteroatoms. The lowest BCUT2D eigenvalue weighted by molar-refractivity contribution is -0.153. The number of carbonyl (C=O) groups excluding carboxylic acids is 3. The topological polar surface area (TPSA) is 123 Å². The fourth-order valence-corrected chi connectivity index (χ4v) is 5.64. The number of sulfonamides is 1. The van der Waals surface area contributed by atoms with Gasteiger partial charge in [0.1, 0.15) is 4.90 Å². The van der Waals surface area contributed by atoms with Crippen molar-refractivity contribution in [2.75, 3.05) is 19.7 Å². The third kappa shape index (κ3) is 5.45. The van der Waals surface area contributed by atoms with Crippen molar-refractivity contribution in [3.8, 4) is 0 Å². The molecule has 0 aliphatic carbocycles. The molecule has 1 aliphatic rings. The van der Waals surface area contributed by atoms with Crippen LogP contribution in [0.4, 0.5) is 0 Å². The van der Waals surface area contributed by atoms with Gasteiger partial charge in [-0.25, -0.2) is 8.42 Å². The largest absolute Gasteiger partial charge is 0.459 e. The first-order valence-corrected chi connectivity index (χ1v) is 11.4. The molecule has 0 unspecified atom stereocenters. The van der Waals surface area contributed by atoms with E-state index >= 15 is 0 Å². The molecule has 2 amide bonds. The molecule has 0 atom stereocenters. The number of piperidine rings is 1. The quantitative estimate of drug-likeness (QED) is 0.619. The van der Waals surface area contributed by atoms with E-state index in [0.29, 0.717) is 0 Å². The first-order chi connectivity index (χ1) is 14.7. The van der Waals surface area contributed by atoms with E-state index in [1.54, 1.807) is 6.07 Å². The van der Waals surface area contributed by atoms with Crippen LogP contribution in [-0.4, -0.2) is 50.2 Å². The number of halogens is 2. The monoisotopic (exact) mass is 488 g/mol. The van der Waals surface area contributed by atoms with Crippen LogP contribution in [0, 0.1) is 5.92 Å². The molecular formula is C19H18Cl2N2O7S. The standard InChI is InChI=1S/C19H18Cl2N2O7S/c20-13-3-1-4-14(21)17(13)31(27,28)23-8-6-12(7-9-23)19(26)30-11-16(24)22-18(25)15-5-2-10-29-15/h1-5,10,12H,6-9,11H2,(H,22,24,25). The fourth-order valence-electron chi connectivity index (χ4n) is 3.08. The number of amides is 2. The highest BCUT2D eigenvalue weighted by Gasteiger charge is 2.35. The predicted octanol–water partition coefficient (Wildman–Crippen LogP) is 2.49. The van der Waals surface area contributed by atoms with Crippen LogP contribution < -0.4 is 5.32 Å². The van der Waals surface area contributed by atoms with E-state index in [1.165, 1.54) is 34.8 Å². The molecule has 2 heterocycles. The number of hydrogen-bond donors (Lipinski definition) is 1. The molecule has 0 radical (unpaired) electrons. The zero-order valence-corrected chi connectivity index (χ0v) is 18.4. The molecule has 0 spiro atoms. The van der Waals surface area contributed by atoms with Gasteiger partial charge in [0.25, 0.3) is 11.8 Å². The molecule has 1 aromatic carbocycles. The van der Waals surface area contributed by atoms with Gasteiger partial charge < -0.3 is 9.15 Å². The SMILES string of the molecule is O=C(COC(=O)C1CCN(S(=O)(=O)c2c(Cl)cccc2Cl)CC1)NC(=O)c1ccco1. The number of furan rings is 1. The smallest absolute Gasteiger partial charge is 0.309 e. The molecule has 1 aromatic heterocycles. The van der Waals surface area contributed by atoms with Crippen molar-refractivity contribution in [1.29, 1.82) is 0 Å². The molecule has 0 saturated carbocycles. The van der Waals surface area contributed by atoms with Crippen molar-refractivity contribution in [2.45, 2.75) is 17.7 Å². The Morgan fingerprint density at radius 1 is 1.10 bits per heavy atom. The Morgan fingerprint density at radius 2 is 1.74 bits per heavy atom. The second kappa shape index (κ2) is 9.82. The Balaban J connectivity index is 1.50. The molecule has 1 saturated heterocycles. The number of hydrogen-bond acceptors (Lipinski definition) is 7. The summed E-state index contributed by atoms with van der Waals surface area (Å²) in [4.78, 5) is 35.6. The van der Waals surface area contributed by atoms with Gasteiger partial charge >= 0.3 is 5.97 Å². The van der Waals surface area contributed by atoms with Gasteiger partial charge in [-0.15, -0.1) is 0 Å². The lowest BCUT2D eigenvalue weighted by atomic mass is 9.98. The maximum Gasteiger partial charge on any atom is 0.309 e. The fraction of sp³-hybridized carbons (Fsp3) is 0.316. The van der Waals surface area contributed by atoms with Crippen LogP contribution in [0.15, 0.2) is 45.9 Å². The summed E-state index contributed by atoms with van der Waals surface area (Å²) in [6, 6.07) is 7.29. The molecule has 3 rings (SSSR count). The van der Waals surface area contributed by atoms with Gasteiger partial charge in [0.15, 0.2) is 12.4 Å². The average molecular weight is 489 g/mol. The summed E-state index contributed by atoms with van der Waals surface area (Å²) in [6.07, 6.45) is 1.69. The summed E-state index contributed by atoms with van der Waals surface area (Å²) in [5, 5.41) is 2.07. The first-order valence-electron chi connectivity index (χ1n) is 9.18.